The van der Waals surface area contributed by atoms with Crippen LogP contribution < -0.4 is 15.4 Å². The number of amides is 3. The Morgan fingerprint density at radius 1 is 1.00 bits per heavy atom. The Hall–Kier alpha value is -3.56. The van der Waals surface area contributed by atoms with Crippen LogP contribution in [-0.4, -0.2) is 111 Å². The van der Waals surface area contributed by atoms with Gasteiger partial charge in [-0.25, -0.2) is 13.1 Å². The fourth-order valence-electron chi connectivity index (χ4n) is 7.36. The smallest absolute Gasteiger partial charge is 0.302 e. The number of hydrogen-bond acceptors (Lipinski definition) is 9. The molecular weight excluding hydrogens is 628 g/mol. The van der Waals surface area contributed by atoms with Crippen LogP contribution in [0.4, 0.5) is 0 Å². The highest BCUT2D eigenvalue weighted by Gasteiger charge is 2.53. The Balaban J connectivity index is 1.08. The van der Waals surface area contributed by atoms with Crippen LogP contribution in [-0.2, 0) is 45.1 Å². The van der Waals surface area contributed by atoms with Crippen molar-refractivity contribution in [3.8, 4) is 0 Å². The SMILES string of the molecule is CC(=O)OCC1C2CCC(O2)C1C(=O)NC(=N)N1CCC(CNC(=O)[C@@H]2CCCN2C(=O)[C@@H](Cc2ccccc2)NS(C)(=O)=O)CC1. The molecule has 0 aromatic heterocycles. The molecule has 4 unspecified atom stereocenters. The van der Waals surface area contributed by atoms with Gasteiger partial charge in [-0.3, -0.25) is 29.9 Å². The average molecular weight is 675 g/mol. The molecule has 0 spiro atoms. The van der Waals surface area contributed by atoms with E-state index >= 15 is 0 Å². The third-order valence-electron chi connectivity index (χ3n) is 9.72. The Morgan fingerprint density at radius 2 is 1.70 bits per heavy atom. The van der Waals surface area contributed by atoms with Gasteiger partial charge in [-0.05, 0) is 56.4 Å². The van der Waals surface area contributed by atoms with E-state index < -0.39 is 39.9 Å². The average Bonchev–Trinajstić information content (AvgIpc) is 3.79. The molecule has 1 aromatic rings. The van der Waals surface area contributed by atoms with Crippen LogP contribution in [0.15, 0.2) is 30.3 Å². The summed E-state index contributed by atoms with van der Waals surface area (Å²) < 4.78 is 37.8. The summed E-state index contributed by atoms with van der Waals surface area (Å²) >= 11 is 0. The molecule has 4 saturated heterocycles. The lowest BCUT2D eigenvalue weighted by Crippen LogP contribution is -2.54. The van der Waals surface area contributed by atoms with Crippen LogP contribution in [0.3, 0.4) is 0 Å². The van der Waals surface area contributed by atoms with Crippen molar-refractivity contribution in [3.63, 3.8) is 0 Å². The second kappa shape index (κ2) is 15.1. The summed E-state index contributed by atoms with van der Waals surface area (Å²) in [5, 5.41) is 14.3. The van der Waals surface area contributed by atoms with Crippen LogP contribution in [0.25, 0.3) is 0 Å². The van der Waals surface area contributed by atoms with Crippen molar-refractivity contribution in [1.29, 1.82) is 5.41 Å². The van der Waals surface area contributed by atoms with Crippen molar-refractivity contribution in [2.75, 3.05) is 39.0 Å². The molecule has 0 aliphatic carbocycles. The van der Waals surface area contributed by atoms with Gasteiger partial charge in [0, 0.05) is 39.0 Å². The highest BCUT2D eigenvalue weighted by atomic mass is 32.2. The molecule has 3 amide bonds. The van der Waals surface area contributed by atoms with Gasteiger partial charge in [0.1, 0.15) is 12.1 Å². The predicted molar refractivity (Wildman–Crippen MR) is 171 cm³/mol. The van der Waals surface area contributed by atoms with Crippen LogP contribution in [0, 0.1) is 23.2 Å². The number of carbonyl (C=O) groups is 4. The largest absolute Gasteiger partial charge is 0.465 e. The molecule has 4 aliphatic heterocycles. The first-order valence-electron chi connectivity index (χ1n) is 16.4. The molecule has 4 N–H and O–H groups in total. The standard InChI is InChI=1S/C32H46N6O8S/c1-20(39)45-19-23-26-10-11-27(46-26)28(23)30(41)35-32(33)37-15-12-22(13-16-37)18-34-29(40)25-9-6-14-38(25)31(42)24(36-47(2,43)44)17-21-7-4-3-5-8-21/h3-5,7-8,22-28,36H,6,9-19H2,1-2H3,(H,34,40)(H2,33,35,41)/t23?,24-,25+,26?,27?,28?/m1/s1. The first-order valence-corrected chi connectivity index (χ1v) is 18.3. The maximum absolute atomic E-state index is 13.6. The molecule has 4 heterocycles. The topological polar surface area (TPSA) is 187 Å². The molecule has 2 bridgehead atoms. The Labute approximate surface area is 275 Å². The van der Waals surface area contributed by atoms with Crippen molar-refractivity contribution in [3.05, 3.63) is 35.9 Å². The van der Waals surface area contributed by atoms with E-state index in [9.17, 15) is 27.6 Å². The van der Waals surface area contributed by atoms with Gasteiger partial charge in [-0.15, -0.1) is 0 Å². The maximum Gasteiger partial charge on any atom is 0.302 e. The first-order chi connectivity index (χ1) is 22.4. The zero-order valence-corrected chi connectivity index (χ0v) is 27.8. The summed E-state index contributed by atoms with van der Waals surface area (Å²) in [5.74, 6) is -1.87. The molecule has 1 aromatic carbocycles. The molecule has 4 fully saturated rings. The number of likely N-dealkylation sites (tertiary alicyclic amines) is 2. The molecule has 4 aliphatic rings. The van der Waals surface area contributed by atoms with Gasteiger partial charge in [0.15, 0.2) is 5.96 Å². The van der Waals surface area contributed by atoms with Gasteiger partial charge in [0.25, 0.3) is 0 Å². The summed E-state index contributed by atoms with van der Waals surface area (Å²) in [5.41, 5.74) is 0.809. The zero-order chi connectivity index (χ0) is 33.7. The lowest BCUT2D eigenvalue weighted by Gasteiger charge is -2.35. The molecule has 0 saturated carbocycles. The second-order valence-corrected chi connectivity index (χ2v) is 14.9. The summed E-state index contributed by atoms with van der Waals surface area (Å²) in [6, 6.07) is 7.46. The number of nitrogens with zero attached hydrogens (tertiary/aromatic N) is 2. The second-order valence-electron chi connectivity index (χ2n) is 13.1. The molecule has 6 atom stereocenters. The monoisotopic (exact) mass is 674 g/mol. The number of sulfonamides is 1. The Bertz CT molecular complexity index is 1430. The van der Waals surface area contributed by atoms with Crippen molar-refractivity contribution < 1.29 is 37.1 Å². The van der Waals surface area contributed by atoms with Gasteiger partial charge < -0.3 is 24.6 Å². The van der Waals surface area contributed by atoms with Crippen molar-refractivity contribution >= 4 is 39.7 Å². The van der Waals surface area contributed by atoms with E-state index in [1.165, 1.54) is 11.8 Å². The summed E-state index contributed by atoms with van der Waals surface area (Å²) in [7, 11) is -3.67. The minimum absolute atomic E-state index is 0.0272. The molecule has 258 valence electrons. The van der Waals surface area contributed by atoms with Crippen LogP contribution >= 0.6 is 0 Å². The Morgan fingerprint density at radius 3 is 2.38 bits per heavy atom. The van der Waals surface area contributed by atoms with E-state index in [0.29, 0.717) is 51.9 Å². The lowest BCUT2D eigenvalue weighted by atomic mass is 9.79. The fourth-order valence-corrected chi connectivity index (χ4v) is 8.06. The number of fused-ring (bicyclic) bond motifs is 2. The normalized spacial score (nSPS) is 26.6. The molecular formula is C32H46N6O8S. The number of ether oxygens (including phenoxy) is 2. The van der Waals surface area contributed by atoms with Crippen LogP contribution in [0.2, 0.25) is 0 Å². The molecule has 0 radical (unpaired) electrons. The number of rotatable bonds is 11. The highest BCUT2D eigenvalue weighted by Crippen LogP contribution is 2.43. The minimum atomic E-state index is -3.67. The third kappa shape index (κ3) is 8.87. The number of hydrogen-bond donors (Lipinski definition) is 4. The van der Waals surface area contributed by atoms with Crippen molar-refractivity contribution in [1.82, 2.24) is 25.2 Å². The Kier molecular flexibility index (Phi) is 11.2. The van der Waals surface area contributed by atoms with E-state index in [-0.39, 0.29) is 54.8 Å². The third-order valence-corrected chi connectivity index (χ3v) is 10.4. The summed E-state index contributed by atoms with van der Waals surface area (Å²) in [6.07, 6.45) is 4.98. The number of nitrogens with one attached hydrogen (secondary N) is 4. The van der Waals surface area contributed by atoms with E-state index in [0.717, 1.165) is 24.7 Å². The van der Waals surface area contributed by atoms with Gasteiger partial charge >= 0.3 is 5.97 Å². The van der Waals surface area contributed by atoms with Crippen molar-refractivity contribution in [2.45, 2.75) is 76.2 Å². The van der Waals surface area contributed by atoms with Crippen molar-refractivity contribution in [2.24, 2.45) is 17.8 Å². The molecule has 15 heteroatoms. The van der Waals surface area contributed by atoms with Gasteiger partial charge in [0.05, 0.1) is 31.0 Å². The number of guanidine groups is 1. The predicted octanol–water partition coefficient (Wildman–Crippen LogP) is 0.374. The summed E-state index contributed by atoms with van der Waals surface area (Å²) in [6.45, 7) is 3.33. The first kappa shape index (κ1) is 34.8. The van der Waals surface area contributed by atoms with Crippen LogP contribution in [0.5, 0.6) is 0 Å². The lowest BCUT2D eigenvalue weighted by molar-refractivity contribution is -0.144. The quantitative estimate of drug-likeness (QED) is 0.146. The van der Waals surface area contributed by atoms with E-state index in [1.807, 2.05) is 35.2 Å². The van der Waals surface area contributed by atoms with Crippen LogP contribution in [0.1, 0.15) is 51.0 Å². The molecule has 5 rings (SSSR count). The highest BCUT2D eigenvalue weighted by molar-refractivity contribution is 7.88. The number of benzene rings is 1. The fraction of sp³-hybridized carbons (Fsp3) is 0.656. The van der Waals surface area contributed by atoms with Gasteiger partial charge in [0.2, 0.25) is 27.7 Å². The van der Waals surface area contributed by atoms with E-state index in [1.54, 1.807) is 0 Å². The van der Waals surface area contributed by atoms with E-state index in [2.05, 4.69) is 15.4 Å². The number of esters is 1. The molecule has 47 heavy (non-hydrogen) atoms. The van der Waals surface area contributed by atoms with Gasteiger partial charge in [-0.1, -0.05) is 30.3 Å². The maximum atomic E-state index is 13.6. The number of carbonyl (C=O) groups excluding carboxylic acids is 4. The number of piperidine rings is 1. The minimum Gasteiger partial charge on any atom is -0.465 e. The van der Waals surface area contributed by atoms with E-state index in [4.69, 9.17) is 14.9 Å². The zero-order valence-electron chi connectivity index (χ0n) is 27.0. The summed E-state index contributed by atoms with van der Waals surface area (Å²) in [4.78, 5) is 54.7. The molecule has 14 nitrogen and oxygen atoms in total. The van der Waals surface area contributed by atoms with Gasteiger partial charge in [-0.2, -0.15) is 0 Å².